The highest BCUT2D eigenvalue weighted by molar-refractivity contribution is 7.88. The fraction of sp³-hybridized carbons (Fsp3) is 0.375. The summed E-state index contributed by atoms with van der Waals surface area (Å²) in [4.78, 5) is 23.4. The molecule has 0 fully saturated rings. The van der Waals surface area contributed by atoms with E-state index in [1.165, 1.54) is 12.2 Å². The third kappa shape index (κ3) is 6.13. The first-order chi connectivity index (χ1) is 11.0. The van der Waals surface area contributed by atoms with Gasteiger partial charge in [-0.1, -0.05) is 30.9 Å². The molecule has 0 radical (unpaired) electrons. The molecule has 0 aromatic rings. The SMILES string of the molecule is C=CCC(=C)COC(=O)C(CC(=C)CC=C)(CC(=O)O)S(=O)(=O)O. The lowest BCUT2D eigenvalue weighted by molar-refractivity contribution is -0.150. The van der Waals surface area contributed by atoms with E-state index < -0.39 is 39.6 Å². The van der Waals surface area contributed by atoms with Crippen LogP contribution in [0.3, 0.4) is 0 Å². The second-order valence-corrected chi connectivity index (χ2v) is 7.01. The topological polar surface area (TPSA) is 118 Å². The Labute approximate surface area is 141 Å². The van der Waals surface area contributed by atoms with Crippen LogP contribution in [0.1, 0.15) is 25.7 Å². The fourth-order valence-corrected chi connectivity index (χ4v) is 2.94. The quantitative estimate of drug-likeness (QED) is 0.312. The Morgan fingerprint density at radius 3 is 1.96 bits per heavy atom. The highest BCUT2D eigenvalue weighted by Crippen LogP contribution is 2.32. The summed E-state index contributed by atoms with van der Waals surface area (Å²) < 4.78 is 35.4. The molecule has 24 heavy (non-hydrogen) atoms. The number of carbonyl (C=O) groups excluding carboxylic acids is 1. The summed E-state index contributed by atoms with van der Waals surface area (Å²) in [6, 6.07) is 0. The van der Waals surface area contributed by atoms with Crippen LogP contribution >= 0.6 is 0 Å². The standard InChI is InChI=1S/C16H22O7S/c1-5-7-12(3)9-16(10-14(17)18,24(20,21)22)15(19)23-11-13(4)8-6-2/h5-6H,1-4,7-11H2,(H,17,18)(H,20,21,22). The van der Waals surface area contributed by atoms with Gasteiger partial charge in [-0.2, -0.15) is 8.42 Å². The zero-order chi connectivity index (χ0) is 19.0. The molecular formula is C16H22O7S. The molecular weight excluding hydrogens is 336 g/mol. The molecule has 7 nitrogen and oxygen atoms in total. The number of allylic oxidation sites excluding steroid dienone is 3. The Morgan fingerprint density at radius 2 is 1.54 bits per heavy atom. The molecule has 0 amide bonds. The van der Waals surface area contributed by atoms with Crippen LogP contribution < -0.4 is 0 Å². The summed E-state index contributed by atoms with van der Waals surface area (Å²) in [6.07, 6.45) is 1.64. The second kappa shape index (κ2) is 9.19. The van der Waals surface area contributed by atoms with Crippen LogP contribution in [0.2, 0.25) is 0 Å². The number of aliphatic carboxylic acids is 1. The molecule has 0 heterocycles. The first-order valence-corrected chi connectivity index (χ1v) is 8.35. The van der Waals surface area contributed by atoms with Crippen molar-refractivity contribution < 1.29 is 32.4 Å². The molecule has 0 saturated carbocycles. The third-order valence-electron chi connectivity index (χ3n) is 3.11. The first kappa shape index (κ1) is 21.8. The van der Waals surface area contributed by atoms with Gasteiger partial charge in [0.15, 0.2) is 0 Å². The van der Waals surface area contributed by atoms with Crippen molar-refractivity contribution in [3.05, 3.63) is 49.6 Å². The van der Waals surface area contributed by atoms with Crippen molar-refractivity contribution in [2.75, 3.05) is 6.61 Å². The number of ether oxygens (including phenoxy) is 1. The maximum atomic E-state index is 12.3. The molecule has 1 unspecified atom stereocenters. The molecule has 134 valence electrons. The molecule has 0 rings (SSSR count). The fourth-order valence-electron chi connectivity index (χ4n) is 1.98. The summed E-state index contributed by atoms with van der Waals surface area (Å²) in [7, 11) is -5.09. The molecule has 2 N–H and O–H groups in total. The van der Waals surface area contributed by atoms with E-state index in [1.54, 1.807) is 0 Å². The lowest BCUT2D eigenvalue weighted by Crippen LogP contribution is -2.49. The van der Waals surface area contributed by atoms with Gasteiger partial charge >= 0.3 is 11.9 Å². The van der Waals surface area contributed by atoms with Gasteiger partial charge in [0.05, 0.1) is 6.42 Å². The van der Waals surface area contributed by atoms with Crippen LogP contribution in [0.25, 0.3) is 0 Å². The van der Waals surface area contributed by atoms with Crippen molar-refractivity contribution in [3.8, 4) is 0 Å². The maximum Gasteiger partial charge on any atom is 0.331 e. The minimum absolute atomic E-state index is 0.146. The average Bonchev–Trinajstić information content (AvgIpc) is 2.42. The molecule has 0 bridgehead atoms. The number of esters is 1. The minimum atomic E-state index is -5.09. The average molecular weight is 358 g/mol. The van der Waals surface area contributed by atoms with Crippen LogP contribution in [0, 0.1) is 0 Å². The van der Waals surface area contributed by atoms with Gasteiger partial charge in [-0.3, -0.25) is 14.1 Å². The van der Waals surface area contributed by atoms with E-state index in [-0.39, 0.29) is 18.6 Å². The van der Waals surface area contributed by atoms with Crippen molar-refractivity contribution >= 4 is 22.1 Å². The Kier molecular flexibility index (Phi) is 8.35. The Morgan fingerprint density at radius 1 is 1.04 bits per heavy atom. The molecule has 0 aromatic carbocycles. The molecule has 1 atom stereocenters. The Bertz CT molecular complexity index is 645. The van der Waals surface area contributed by atoms with E-state index in [0.29, 0.717) is 12.0 Å². The van der Waals surface area contributed by atoms with E-state index in [1.807, 2.05) is 0 Å². The van der Waals surface area contributed by atoms with Gasteiger partial charge in [-0.05, 0) is 18.4 Å². The number of carboxylic acids is 1. The molecule has 0 saturated heterocycles. The number of carboxylic acid groups (broad SMARTS) is 1. The third-order valence-corrected chi connectivity index (χ3v) is 4.55. The van der Waals surface area contributed by atoms with Crippen molar-refractivity contribution in [2.45, 2.75) is 30.4 Å². The summed E-state index contributed by atoms with van der Waals surface area (Å²) in [5.74, 6) is -2.95. The van der Waals surface area contributed by atoms with E-state index in [2.05, 4.69) is 26.3 Å². The first-order valence-electron chi connectivity index (χ1n) is 6.91. The van der Waals surface area contributed by atoms with Crippen LogP contribution in [-0.4, -0.2) is 41.4 Å². The van der Waals surface area contributed by atoms with Gasteiger partial charge in [0.2, 0.25) is 4.75 Å². The molecule has 0 aliphatic carbocycles. The van der Waals surface area contributed by atoms with E-state index in [0.717, 1.165) is 0 Å². The zero-order valence-electron chi connectivity index (χ0n) is 13.4. The van der Waals surface area contributed by atoms with Crippen molar-refractivity contribution in [2.24, 2.45) is 0 Å². The van der Waals surface area contributed by atoms with E-state index >= 15 is 0 Å². The van der Waals surface area contributed by atoms with Crippen molar-refractivity contribution in [1.29, 1.82) is 0 Å². The summed E-state index contributed by atoms with van der Waals surface area (Å²) in [5, 5.41) is 9.00. The molecule has 0 aromatic heterocycles. The van der Waals surface area contributed by atoms with Crippen molar-refractivity contribution in [3.63, 3.8) is 0 Å². The molecule has 0 aliphatic rings. The largest absolute Gasteiger partial charge is 0.481 e. The van der Waals surface area contributed by atoms with Gasteiger partial charge in [0, 0.05) is 6.42 Å². The van der Waals surface area contributed by atoms with E-state index in [4.69, 9.17) is 9.84 Å². The number of carbonyl (C=O) groups is 2. The van der Waals surface area contributed by atoms with Gasteiger partial charge in [-0.15, -0.1) is 13.2 Å². The van der Waals surface area contributed by atoms with Crippen LogP contribution in [0.4, 0.5) is 0 Å². The monoisotopic (exact) mass is 358 g/mol. The minimum Gasteiger partial charge on any atom is -0.481 e. The van der Waals surface area contributed by atoms with Gasteiger partial charge in [-0.25, -0.2) is 0 Å². The van der Waals surface area contributed by atoms with Crippen LogP contribution in [-0.2, 0) is 24.4 Å². The Hall–Kier alpha value is -2.19. The van der Waals surface area contributed by atoms with Crippen LogP contribution in [0.15, 0.2) is 49.6 Å². The molecule has 8 heteroatoms. The van der Waals surface area contributed by atoms with Gasteiger partial charge in [0.1, 0.15) is 6.61 Å². The highest BCUT2D eigenvalue weighted by atomic mass is 32.2. The number of hydrogen-bond acceptors (Lipinski definition) is 5. The molecule has 0 spiro atoms. The summed E-state index contributed by atoms with van der Waals surface area (Å²) >= 11 is 0. The number of hydrogen-bond donors (Lipinski definition) is 2. The predicted molar refractivity (Wildman–Crippen MR) is 90.0 cm³/mol. The van der Waals surface area contributed by atoms with Crippen LogP contribution in [0.5, 0.6) is 0 Å². The second-order valence-electron chi connectivity index (χ2n) is 5.28. The molecule has 0 aliphatic heterocycles. The number of rotatable bonds is 12. The Balaban J connectivity index is 5.71. The zero-order valence-corrected chi connectivity index (χ0v) is 14.2. The predicted octanol–water partition coefficient (Wildman–Crippen LogP) is 2.29. The lowest BCUT2D eigenvalue weighted by atomic mass is 9.94. The van der Waals surface area contributed by atoms with E-state index in [9.17, 15) is 22.6 Å². The summed E-state index contributed by atoms with van der Waals surface area (Å²) in [5.41, 5.74) is 0.647. The maximum absolute atomic E-state index is 12.3. The summed E-state index contributed by atoms with van der Waals surface area (Å²) in [6.45, 7) is 13.8. The normalized spacial score (nSPS) is 13.4. The van der Waals surface area contributed by atoms with Crippen molar-refractivity contribution in [1.82, 2.24) is 0 Å². The smallest absolute Gasteiger partial charge is 0.331 e. The lowest BCUT2D eigenvalue weighted by Gasteiger charge is -2.27. The highest BCUT2D eigenvalue weighted by Gasteiger charge is 2.53. The van der Waals surface area contributed by atoms with Gasteiger partial charge in [0.25, 0.3) is 10.1 Å². The van der Waals surface area contributed by atoms with Gasteiger partial charge < -0.3 is 9.84 Å².